The lowest BCUT2D eigenvalue weighted by Crippen LogP contribution is -3.13. The second kappa shape index (κ2) is 8.12. The third kappa shape index (κ3) is 5.07. The van der Waals surface area contributed by atoms with E-state index in [9.17, 15) is 4.79 Å². The molecule has 0 spiro atoms. The van der Waals surface area contributed by atoms with Crippen LogP contribution in [-0.2, 0) is 9.53 Å². The van der Waals surface area contributed by atoms with Gasteiger partial charge in [0.15, 0.2) is 5.60 Å². The molecule has 4 nitrogen and oxygen atoms in total. The highest BCUT2D eigenvalue weighted by Gasteiger charge is 2.27. The molecule has 1 saturated heterocycles. The smallest absolute Gasteiger partial charge is 0.304 e. The maximum atomic E-state index is 11.2. The maximum absolute atomic E-state index is 11.2. The highest BCUT2D eigenvalue weighted by molar-refractivity contribution is 5.67. The number of carbonyl (C=O) groups is 1. The SMILES string of the molecule is CC[C@@](C)(C#CC[NH+]1CCCC[C@@H]1c1cccnc1)OC(C)=O. The van der Waals surface area contributed by atoms with E-state index in [0.29, 0.717) is 12.5 Å². The van der Waals surface area contributed by atoms with Gasteiger partial charge in [0.05, 0.1) is 6.54 Å². The molecular weight excluding hydrogens is 288 g/mol. The first-order valence-corrected chi connectivity index (χ1v) is 8.48. The fourth-order valence-electron chi connectivity index (χ4n) is 3.12. The molecule has 0 saturated carbocycles. The highest BCUT2D eigenvalue weighted by atomic mass is 16.6. The van der Waals surface area contributed by atoms with Crippen LogP contribution < -0.4 is 4.90 Å². The Hall–Kier alpha value is -1.86. The molecule has 2 rings (SSSR count). The molecule has 1 fully saturated rings. The second-order valence-corrected chi connectivity index (χ2v) is 6.40. The van der Waals surface area contributed by atoms with Crippen molar-refractivity contribution in [3.05, 3.63) is 30.1 Å². The van der Waals surface area contributed by atoms with Crippen LogP contribution in [0.15, 0.2) is 24.5 Å². The molecule has 23 heavy (non-hydrogen) atoms. The number of quaternary nitrogens is 1. The van der Waals surface area contributed by atoms with Crippen LogP contribution in [0.3, 0.4) is 0 Å². The molecule has 1 aromatic rings. The zero-order chi connectivity index (χ0) is 16.7. The van der Waals surface area contributed by atoms with Crippen molar-refractivity contribution in [3.63, 3.8) is 0 Å². The van der Waals surface area contributed by atoms with Gasteiger partial charge >= 0.3 is 5.97 Å². The fraction of sp³-hybridized carbons (Fsp3) is 0.579. The molecule has 1 unspecified atom stereocenters. The highest BCUT2D eigenvalue weighted by Crippen LogP contribution is 2.18. The molecule has 1 aliphatic heterocycles. The average molecular weight is 315 g/mol. The van der Waals surface area contributed by atoms with Gasteiger partial charge in [-0.15, -0.1) is 0 Å². The molecule has 124 valence electrons. The first kappa shape index (κ1) is 17.5. The van der Waals surface area contributed by atoms with E-state index < -0.39 is 5.60 Å². The zero-order valence-corrected chi connectivity index (χ0v) is 14.4. The predicted molar refractivity (Wildman–Crippen MR) is 89.8 cm³/mol. The van der Waals surface area contributed by atoms with Gasteiger partial charge in [0.25, 0.3) is 0 Å². The van der Waals surface area contributed by atoms with Crippen molar-refractivity contribution in [3.8, 4) is 11.8 Å². The molecule has 1 aliphatic rings. The third-order valence-electron chi connectivity index (χ3n) is 4.53. The van der Waals surface area contributed by atoms with Gasteiger partial charge in [0.1, 0.15) is 12.6 Å². The van der Waals surface area contributed by atoms with Crippen molar-refractivity contribution < 1.29 is 14.4 Å². The molecule has 0 amide bonds. The molecule has 3 atom stereocenters. The van der Waals surface area contributed by atoms with E-state index in [4.69, 9.17) is 4.74 Å². The first-order chi connectivity index (χ1) is 11.0. The average Bonchev–Trinajstić information content (AvgIpc) is 2.55. The molecule has 1 N–H and O–H groups in total. The Bertz CT molecular complexity index is 576. The molecule has 2 heterocycles. The van der Waals surface area contributed by atoms with Crippen molar-refractivity contribution in [2.24, 2.45) is 0 Å². The maximum Gasteiger partial charge on any atom is 0.304 e. The molecule has 0 radical (unpaired) electrons. The molecule has 4 heteroatoms. The topological polar surface area (TPSA) is 43.6 Å². The summed E-state index contributed by atoms with van der Waals surface area (Å²) in [6, 6.07) is 4.63. The van der Waals surface area contributed by atoms with Crippen LogP contribution in [0.4, 0.5) is 0 Å². The number of nitrogens with zero attached hydrogens (tertiary/aromatic N) is 1. The Morgan fingerprint density at radius 2 is 2.35 bits per heavy atom. The summed E-state index contributed by atoms with van der Waals surface area (Å²) in [5, 5.41) is 0. The summed E-state index contributed by atoms with van der Waals surface area (Å²) in [4.78, 5) is 17.0. The number of pyridine rings is 1. The Labute approximate surface area is 139 Å². The lowest BCUT2D eigenvalue weighted by molar-refractivity contribution is -0.930. The lowest BCUT2D eigenvalue weighted by Gasteiger charge is -2.31. The van der Waals surface area contributed by atoms with Crippen molar-refractivity contribution in [2.45, 2.75) is 58.1 Å². The number of esters is 1. The number of aromatic nitrogens is 1. The lowest BCUT2D eigenvalue weighted by atomic mass is 9.96. The number of carbonyl (C=O) groups excluding carboxylic acids is 1. The summed E-state index contributed by atoms with van der Waals surface area (Å²) in [7, 11) is 0. The van der Waals surface area contributed by atoms with Crippen LogP contribution in [0.2, 0.25) is 0 Å². The van der Waals surface area contributed by atoms with Gasteiger partial charge in [-0.05, 0) is 44.1 Å². The van der Waals surface area contributed by atoms with E-state index >= 15 is 0 Å². The minimum absolute atomic E-state index is 0.276. The summed E-state index contributed by atoms with van der Waals surface area (Å²) in [5.74, 6) is 6.16. The standard InChI is InChI=1S/C19H26N2O2/c1-4-19(3,23-16(2)22)11-8-14-21-13-6-5-10-18(21)17-9-7-12-20-15-17/h7,9,12,15,18H,4-6,10,13-14H2,1-3H3/p+1/t18-,19+/m1/s1. The van der Waals surface area contributed by atoms with Gasteiger partial charge in [-0.2, -0.15) is 0 Å². The monoisotopic (exact) mass is 315 g/mol. The van der Waals surface area contributed by atoms with Gasteiger partial charge in [-0.3, -0.25) is 9.78 Å². The number of rotatable bonds is 4. The molecular formula is C19H27N2O2+. The zero-order valence-electron chi connectivity index (χ0n) is 14.4. The minimum atomic E-state index is -0.676. The molecule has 0 aromatic carbocycles. The normalized spacial score (nSPS) is 23.3. The summed E-state index contributed by atoms with van der Waals surface area (Å²) in [6.45, 7) is 7.21. The van der Waals surface area contributed by atoms with Crippen LogP contribution in [0.5, 0.6) is 0 Å². The molecule has 0 aliphatic carbocycles. The number of piperidine rings is 1. The minimum Gasteiger partial charge on any atom is -0.446 e. The molecule has 0 bridgehead atoms. The summed E-state index contributed by atoms with van der Waals surface area (Å²) < 4.78 is 5.36. The van der Waals surface area contributed by atoms with Gasteiger partial charge in [-0.1, -0.05) is 13.0 Å². The van der Waals surface area contributed by atoms with E-state index in [2.05, 4.69) is 22.9 Å². The Morgan fingerprint density at radius 3 is 3.00 bits per heavy atom. The number of ether oxygens (including phenoxy) is 1. The van der Waals surface area contributed by atoms with Gasteiger partial charge in [0, 0.05) is 31.3 Å². The van der Waals surface area contributed by atoms with Gasteiger partial charge < -0.3 is 9.64 Å². The Kier molecular flexibility index (Phi) is 6.18. The Balaban J connectivity index is 2.06. The van der Waals surface area contributed by atoms with Gasteiger partial charge in [0.2, 0.25) is 0 Å². The number of hydrogen-bond acceptors (Lipinski definition) is 3. The number of likely N-dealkylation sites (tertiary alicyclic amines) is 1. The van der Waals surface area contributed by atoms with Gasteiger partial charge in [-0.25, -0.2) is 0 Å². The summed E-state index contributed by atoms with van der Waals surface area (Å²) >= 11 is 0. The van der Waals surface area contributed by atoms with Crippen LogP contribution in [-0.4, -0.2) is 29.6 Å². The first-order valence-electron chi connectivity index (χ1n) is 8.48. The second-order valence-electron chi connectivity index (χ2n) is 6.40. The van der Waals surface area contributed by atoms with Crippen molar-refractivity contribution in [1.82, 2.24) is 4.98 Å². The van der Waals surface area contributed by atoms with Crippen LogP contribution in [0, 0.1) is 11.8 Å². The third-order valence-corrected chi connectivity index (χ3v) is 4.53. The van der Waals surface area contributed by atoms with Crippen LogP contribution in [0.25, 0.3) is 0 Å². The van der Waals surface area contributed by atoms with E-state index in [-0.39, 0.29) is 5.97 Å². The predicted octanol–water partition coefficient (Wildman–Crippen LogP) is 1.93. The van der Waals surface area contributed by atoms with Crippen molar-refractivity contribution in [2.75, 3.05) is 13.1 Å². The number of nitrogens with one attached hydrogen (secondary N) is 1. The van der Waals surface area contributed by atoms with Crippen LogP contribution in [0.1, 0.15) is 58.1 Å². The van der Waals surface area contributed by atoms with Crippen LogP contribution >= 0.6 is 0 Å². The van der Waals surface area contributed by atoms with E-state index in [1.807, 2.05) is 32.3 Å². The largest absolute Gasteiger partial charge is 0.446 e. The summed E-state index contributed by atoms with van der Waals surface area (Å²) in [5.41, 5.74) is 0.618. The van der Waals surface area contributed by atoms with E-state index in [1.165, 1.54) is 36.6 Å². The van der Waals surface area contributed by atoms with Crippen molar-refractivity contribution in [1.29, 1.82) is 0 Å². The molecule has 1 aromatic heterocycles. The summed E-state index contributed by atoms with van der Waals surface area (Å²) in [6.07, 6.45) is 8.16. The van der Waals surface area contributed by atoms with E-state index in [1.54, 1.807) is 0 Å². The van der Waals surface area contributed by atoms with Crippen molar-refractivity contribution >= 4 is 5.97 Å². The number of hydrogen-bond donors (Lipinski definition) is 1. The fourth-order valence-corrected chi connectivity index (χ4v) is 3.12. The van der Waals surface area contributed by atoms with E-state index in [0.717, 1.165) is 13.1 Å². The quantitative estimate of drug-likeness (QED) is 0.682. The Morgan fingerprint density at radius 1 is 1.52 bits per heavy atom.